The zero-order valence-electron chi connectivity index (χ0n) is 9.00. The Morgan fingerprint density at radius 2 is 2.31 bits per heavy atom. The van der Waals surface area contributed by atoms with Gasteiger partial charge in [0.15, 0.2) is 0 Å². The first-order chi connectivity index (χ1) is 7.71. The Balaban J connectivity index is 2.86. The normalized spacial score (nSPS) is 9.94. The van der Waals surface area contributed by atoms with E-state index in [1.807, 2.05) is 6.92 Å². The Morgan fingerprint density at radius 3 is 2.88 bits per heavy atom. The van der Waals surface area contributed by atoms with E-state index in [1.54, 1.807) is 18.2 Å². The average molecular weight is 244 g/mol. The average Bonchev–Trinajstić information content (AvgIpc) is 2.31. The number of rotatable bonds is 5. The number of aliphatic hydroxyl groups excluding tert-OH is 1. The van der Waals surface area contributed by atoms with Crippen LogP contribution in [0.5, 0.6) is 5.75 Å². The molecule has 0 saturated carbocycles. The largest absolute Gasteiger partial charge is 0.494 e. The maximum Gasteiger partial charge on any atom is 0.239 e. The highest BCUT2D eigenvalue weighted by Crippen LogP contribution is 2.22. The van der Waals surface area contributed by atoms with E-state index < -0.39 is 0 Å². The second-order valence-corrected chi connectivity index (χ2v) is 3.36. The van der Waals surface area contributed by atoms with Gasteiger partial charge in [0.25, 0.3) is 0 Å². The van der Waals surface area contributed by atoms with Crippen LogP contribution in [0.3, 0.4) is 0 Å². The van der Waals surface area contributed by atoms with Crippen LogP contribution in [0.25, 0.3) is 0 Å². The van der Waals surface area contributed by atoms with Crippen LogP contribution in [0.2, 0.25) is 0 Å². The zero-order chi connectivity index (χ0) is 12.0. The minimum atomic E-state index is -0.283. The number of nitrogens with one attached hydrogen (secondary N) is 1. The summed E-state index contributed by atoms with van der Waals surface area (Å²) in [5.74, 6) is 0.241. The van der Waals surface area contributed by atoms with Gasteiger partial charge in [-0.2, -0.15) is 0 Å². The molecule has 0 aromatic heterocycles. The number of benzene rings is 1. The van der Waals surface area contributed by atoms with E-state index in [-0.39, 0.29) is 18.4 Å². The third-order valence-electron chi connectivity index (χ3n) is 1.94. The summed E-state index contributed by atoms with van der Waals surface area (Å²) in [5, 5.41) is 11.7. The van der Waals surface area contributed by atoms with E-state index in [0.29, 0.717) is 23.6 Å². The lowest BCUT2D eigenvalue weighted by Crippen LogP contribution is -2.12. The molecule has 0 fully saturated rings. The van der Waals surface area contributed by atoms with Crippen molar-refractivity contribution in [3.63, 3.8) is 0 Å². The zero-order valence-corrected chi connectivity index (χ0v) is 9.75. The third-order valence-corrected chi connectivity index (χ3v) is 2.18. The summed E-state index contributed by atoms with van der Waals surface area (Å²) >= 11 is 5.37. The molecular formula is C11H14ClNO3. The number of hydrogen-bond donors (Lipinski definition) is 2. The van der Waals surface area contributed by atoms with Crippen molar-refractivity contribution < 1.29 is 14.6 Å². The summed E-state index contributed by atoms with van der Waals surface area (Å²) < 4.78 is 5.32. The second-order valence-electron chi connectivity index (χ2n) is 3.10. The highest BCUT2D eigenvalue weighted by molar-refractivity contribution is 6.29. The van der Waals surface area contributed by atoms with Gasteiger partial charge in [-0.25, -0.2) is 0 Å². The van der Waals surface area contributed by atoms with E-state index >= 15 is 0 Å². The lowest BCUT2D eigenvalue weighted by Gasteiger charge is -2.10. The van der Waals surface area contributed by atoms with Gasteiger partial charge in [-0.3, -0.25) is 4.79 Å². The summed E-state index contributed by atoms with van der Waals surface area (Å²) in [6.07, 6.45) is 0. The van der Waals surface area contributed by atoms with Crippen LogP contribution in [-0.4, -0.2) is 23.5 Å². The molecule has 0 spiro atoms. The van der Waals surface area contributed by atoms with E-state index in [2.05, 4.69) is 5.32 Å². The Labute approximate surface area is 99.2 Å². The van der Waals surface area contributed by atoms with Crippen molar-refractivity contribution in [2.75, 3.05) is 17.8 Å². The molecule has 88 valence electrons. The van der Waals surface area contributed by atoms with Crippen LogP contribution in [0.15, 0.2) is 18.2 Å². The minimum Gasteiger partial charge on any atom is -0.494 e. The molecule has 0 saturated heterocycles. The van der Waals surface area contributed by atoms with Crippen molar-refractivity contribution in [3.8, 4) is 5.75 Å². The summed E-state index contributed by atoms with van der Waals surface area (Å²) in [4.78, 5) is 11.1. The first-order valence-corrected chi connectivity index (χ1v) is 5.47. The van der Waals surface area contributed by atoms with Crippen LogP contribution in [-0.2, 0) is 11.4 Å². The quantitative estimate of drug-likeness (QED) is 0.775. The highest BCUT2D eigenvalue weighted by atomic mass is 35.5. The lowest BCUT2D eigenvalue weighted by molar-refractivity contribution is -0.113. The molecular weight excluding hydrogens is 230 g/mol. The molecule has 0 radical (unpaired) electrons. The van der Waals surface area contributed by atoms with Gasteiger partial charge in [-0.1, -0.05) is 0 Å². The Morgan fingerprint density at radius 1 is 1.56 bits per heavy atom. The molecule has 5 heteroatoms. The van der Waals surface area contributed by atoms with E-state index in [0.717, 1.165) is 0 Å². The van der Waals surface area contributed by atoms with Crippen LogP contribution in [0.4, 0.5) is 5.69 Å². The molecule has 0 bridgehead atoms. The molecule has 2 N–H and O–H groups in total. The third kappa shape index (κ3) is 3.40. The Kier molecular flexibility index (Phi) is 5.08. The molecule has 0 aliphatic heterocycles. The van der Waals surface area contributed by atoms with E-state index in [4.69, 9.17) is 21.4 Å². The van der Waals surface area contributed by atoms with Crippen LogP contribution in [0.1, 0.15) is 12.5 Å². The molecule has 1 amide bonds. The summed E-state index contributed by atoms with van der Waals surface area (Å²) in [5.41, 5.74) is 1.23. The number of aliphatic hydroxyl groups is 1. The molecule has 0 aliphatic carbocycles. The van der Waals surface area contributed by atoms with Gasteiger partial charge >= 0.3 is 0 Å². The molecule has 0 atom stereocenters. The van der Waals surface area contributed by atoms with Gasteiger partial charge in [-0.05, 0) is 25.1 Å². The highest BCUT2D eigenvalue weighted by Gasteiger charge is 2.06. The molecule has 4 nitrogen and oxygen atoms in total. The minimum absolute atomic E-state index is 0.0956. The fourth-order valence-corrected chi connectivity index (χ4v) is 1.34. The lowest BCUT2D eigenvalue weighted by atomic mass is 10.2. The second kappa shape index (κ2) is 6.35. The van der Waals surface area contributed by atoms with Crippen LogP contribution < -0.4 is 10.1 Å². The monoisotopic (exact) mass is 243 g/mol. The number of amides is 1. The van der Waals surface area contributed by atoms with Gasteiger partial charge < -0.3 is 15.2 Å². The van der Waals surface area contributed by atoms with Crippen molar-refractivity contribution in [2.24, 2.45) is 0 Å². The van der Waals surface area contributed by atoms with E-state index in [1.165, 1.54) is 0 Å². The molecule has 1 aromatic carbocycles. The number of carbonyl (C=O) groups is 1. The molecule has 0 heterocycles. The Bertz CT molecular complexity index is 368. The molecule has 0 aliphatic rings. The standard InChI is InChI=1S/C11H14ClNO3/c1-2-16-10-4-3-9(5-8(10)7-14)13-11(15)6-12/h3-5,14H,2,6-7H2,1H3,(H,13,15). The van der Waals surface area contributed by atoms with Gasteiger partial charge in [0.2, 0.25) is 5.91 Å². The predicted octanol–water partition coefficient (Wildman–Crippen LogP) is 1.75. The van der Waals surface area contributed by atoms with Crippen molar-refractivity contribution in [1.82, 2.24) is 0 Å². The maximum absolute atomic E-state index is 11.1. The van der Waals surface area contributed by atoms with Crippen molar-refractivity contribution in [2.45, 2.75) is 13.5 Å². The van der Waals surface area contributed by atoms with Gasteiger partial charge in [0.1, 0.15) is 11.6 Å². The SMILES string of the molecule is CCOc1ccc(NC(=O)CCl)cc1CO. The van der Waals surface area contributed by atoms with Crippen molar-refractivity contribution in [1.29, 1.82) is 0 Å². The van der Waals surface area contributed by atoms with Gasteiger partial charge in [-0.15, -0.1) is 11.6 Å². The van der Waals surface area contributed by atoms with Gasteiger partial charge in [0.05, 0.1) is 13.2 Å². The summed E-state index contributed by atoms with van der Waals surface area (Å²) in [7, 11) is 0. The number of carbonyl (C=O) groups excluding carboxylic acids is 1. The summed E-state index contributed by atoms with van der Waals surface area (Å²) in [6.45, 7) is 2.25. The first-order valence-electron chi connectivity index (χ1n) is 4.93. The first kappa shape index (κ1) is 12.8. The smallest absolute Gasteiger partial charge is 0.239 e. The van der Waals surface area contributed by atoms with Crippen molar-refractivity contribution >= 4 is 23.2 Å². The van der Waals surface area contributed by atoms with Crippen LogP contribution in [0, 0.1) is 0 Å². The summed E-state index contributed by atoms with van der Waals surface area (Å²) in [6, 6.07) is 5.07. The molecule has 16 heavy (non-hydrogen) atoms. The number of halogens is 1. The number of hydrogen-bond acceptors (Lipinski definition) is 3. The molecule has 0 unspecified atom stereocenters. The van der Waals surface area contributed by atoms with E-state index in [9.17, 15) is 4.79 Å². The predicted molar refractivity (Wildman–Crippen MR) is 62.9 cm³/mol. The fraction of sp³-hybridized carbons (Fsp3) is 0.364. The topological polar surface area (TPSA) is 58.6 Å². The van der Waals surface area contributed by atoms with Crippen LogP contribution >= 0.6 is 11.6 Å². The molecule has 1 rings (SSSR count). The maximum atomic E-state index is 11.1. The van der Waals surface area contributed by atoms with Crippen molar-refractivity contribution in [3.05, 3.63) is 23.8 Å². The van der Waals surface area contributed by atoms with Gasteiger partial charge in [0, 0.05) is 11.3 Å². The Hall–Kier alpha value is -1.26. The number of anilines is 1. The number of alkyl halides is 1. The molecule has 1 aromatic rings. The fourth-order valence-electron chi connectivity index (χ4n) is 1.27. The number of ether oxygens (including phenoxy) is 1.